The van der Waals surface area contributed by atoms with Gasteiger partial charge >= 0.3 is 0 Å². The van der Waals surface area contributed by atoms with Gasteiger partial charge in [-0.1, -0.05) is 36.4 Å². The maximum absolute atomic E-state index is 11.5. The Bertz CT molecular complexity index is 806. The summed E-state index contributed by atoms with van der Waals surface area (Å²) < 4.78 is 0. The van der Waals surface area contributed by atoms with Crippen molar-refractivity contribution in [1.82, 2.24) is 10.2 Å². The fraction of sp³-hybridized carbons (Fsp3) is 0.0667. The standard InChI is InChI=1S/C15H13N3O/c1-10-13(15(19)18-17-10)9-16-14-8-4-6-11-5-2-3-7-12(11)14/h2-9H,1H3,(H2,17,18,19). The van der Waals surface area contributed by atoms with Crippen molar-refractivity contribution in [3.05, 3.63) is 64.1 Å². The van der Waals surface area contributed by atoms with Gasteiger partial charge in [-0.15, -0.1) is 0 Å². The number of rotatable bonds is 2. The van der Waals surface area contributed by atoms with Gasteiger partial charge in [0.1, 0.15) is 0 Å². The number of benzene rings is 2. The molecule has 1 heterocycles. The molecule has 0 unspecified atom stereocenters. The van der Waals surface area contributed by atoms with E-state index >= 15 is 0 Å². The van der Waals surface area contributed by atoms with Gasteiger partial charge in [0, 0.05) is 17.3 Å². The second-order valence-corrected chi connectivity index (χ2v) is 4.37. The molecule has 0 aliphatic heterocycles. The quantitative estimate of drug-likeness (QED) is 0.676. The van der Waals surface area contributed by atoms with E-state index in [0.29, 0.717) is 5.56 Å². The Morgan fingerprint density at radius 3 is 2.63 bits per heavy atom. The smallest absolute Gasteiger partial charge is 0.272 e. The third kappa shape index (κ3) is 2.08. The van der Waals surface area contributed by atoms with Crippen LogP contribution in [-0.4, -0.2) is 16.4 Å². The number of nitrogens with one attached hydrogen (secondary N) is 2. The molecule has 4 nitrogen and oxygen atoms in total. The van der Waals surface area contributed by atoms with Crippen molar-refractivity contribution in [2.45, 2.75) is 6.92 Å². The van der Waals surface area contributed by atoms with Crippen molar-refractivity contribution in [3.63, 3.8) is 0 Å². The maximum atomic E-state index is 11.5. The SMILES string of the molecule is Cc1[nH][nH]c(=O)c1C=Nc1cccc2ccccc12. The highest BCUT2D eigenvalue weighted by atomic mass is 16.1. The van der Waals surface area contributed by atoms with Crippen LogP contribution >= 0.6 is 0 Å². The number of nitrogens with zero attached hydrogens (tertiary/aromatic N) is 1. The Balaban J connectivity index is 2.09. The van der Waals surface area contributed by atoms with Crippen LogP contribution in [0.2, 0.25) is 0 Å². The van der Waals surface area contributed by atoms with Crippen LogP contribution < -0.4 is 5.56 Å². The highest BCUT2D eigenvalue weighted by Gasteiger charge is 2.03. The van der Waals surface area contributed by atoms with E-state index in [-0.39, 0.29) is 5.56 Å². The fourth-order valence-electron chi connectivity index (χ4n) is 2.07. The zero-order chi connectivity index (χ0) is 13.2. The van der Waals surface area contributed by atoms with Gasteiger partial charge in [-0.25, -0.2) is 0 Å². The topological polar surface area (TPSA) is 61.0 Å². The van der Waals surface area contributed by atoms with Crippen LogP contribution in [0.5, 0.6) is 0 Å². The third-order valence-corrected chi connectivity index (χ3v) is 3.11. The molecule has 2 N–H and O–H groups in total. The Morgan fingerprint density at radius 1 is 1.05 bits per heavy atom. The van der Waals surface area contributed by atoms with Crippen LogP contribution in [0.3, 0.4) is 0 Å². The summed E-state index contributed by atoms with van der Waals surface area (Å²) in [6.07, 6.45) is 1.60. The van der Waals surface area contributed by atoms with Gasteiger partial charge in [0.15, 0.2) is 0 Å². The lowest BCUT2D eigenvalue weighted by Gasteiger charge is -2.00. The number of fused-ring (bicyclic) bond motifs is 1. The van der Waals surface area contributed by atoms with E-state index in [9.17, 15) is 4.79 Å². The van der Waals surface area contributed by atoms with Crippen LogP contribution in [0.1, 0.15) is 11.3 Å². The van der Waals surface area contributed by atoms with Crippen molar-refractivity contribution >= 4 is 22.7 Å². The minimum Gasteiger partial charge on any atom is -0.302 e. The van der Waals surface area contributed by atoms with Gasteiger partial charge in [-0.2, -0.15) is 0 Å². The molecule has 3 aromatic rings. The highest BCUT2D eigenvalue weighted by molar-refractivity contribution is 5.95. The molecule has 4 heteroatoms. The lowest BCUT2D eigenvalue weighted by atomic mass is 10.1. The van der Waals surface area contributed by atoms with Gasteiger partial charge in [-0.05, 0) is 18.4 Å². The first-order valence-corrected chi connectivity index (χ1v) is 6.05. The number of aromatic amines is 2. The number of H-pyrrole nitrogens is 2. The molecule has 2 aromatic carbocycles. The second kappa shape index (κ2) is 4.57. The van der Waals surface area contributed by atoms with E-state index in [1.807, 2.05) is 49.4 Å². The lowest BCUT2D eigenvalue weighted by molar-refractivity contribution is 1.02. The van der Waals surface area contributed by atoms with Crippen molar-refractivity contribution in [1.29, 1.82) is 0 Å². The average molecular weight is 251 g/mol. The number of hydrogen-bond donors (Lipinski definition) is 2. The third-order valence-electron chi connectivity index (χ3n) is 3.11. The van der Waals surface area contributed by atoms with Crippen molar-refractivity contribution in [2.75, 3.05) is 0 Å². The molecule has 1 aromatic heterocycles. The van der Waals surface area contributed by atoms with Crippen LogP contribution in [0.4, 0.5) is 5.69 Å². The first-order chi connectivity index (χ1) is 9.25. The molecule has 94 valence electrons. The number of hydrogen-bond acceptors (Lipinski definition) is 2. The molecule has 0 fully saturated rings. The Morgan fingerprint density at radius 2 is 1.84 bits per heavy atom. The van der Waals surface area contributed by atoms with Gasteiger partial charge in [-0.3, -0.25) is 14.9 Å². The van der Waals surface area contributed by atoms with E-state index < -0.39 is 0 Å². The molecule has 0 aliphatic carbocycles. The number of aromatic nitrogens is 2. The largest absolute Gasteiger partial charge is 0.302 e. The van der Waals surface area contributed by atoms with Crippen molar-refractivity contribution < 1.29 is 0 Å². The fourth-order valence-corrected chi connectivity index (χ4v) is 2.07. The van der Waals surface area contributed by atoms with Crippen molar-refractivity contribution in [2.24, 2.45) is 4.99 Å². The average Bonchev–Trinajstić information content (AvgIpc) is 2.76. The van der Waals surface area contributed by atoms with E-state index in [1.54, 1.807) is 6.21 Å². The van der Waals surface area contributed by atoms with Crippen LogP contribution in [-0.2, 0) is 0 Å². The lowest BCUT2D eigenvalue weighted by Crippen LogP contribution is -2.04. The predicted octanol–water partition coefficient (Wildman–Crippen LogP) is 2.92. The maximum Gasteiger partial charge on any atom is 0.272 e. The summed E-state index contributed by atoms with van der Waals surface area (Å²) in [6.45, 7) is 1.84. The summed E-state index contributed by atoms with van der Waals surface area (Å²) in [4.78, 5) is 16.0. The molecule has 0 atom stereocenters. The highest BCUT2D eigenvalue weighted by Crippen LogP contribution is 2.25. The molecular formula is C15H13N3O. The van der Waals surface area contributed by atoms with Gasteiger partial charge in [0.05, 0.1) is 11.3 Å². The van der Waals surface area contributed by atoms with E-state index in [4.69, 9.17) is 0 Å². The summed E-state index contributed by atoms with van der Waals surface area (Å²) >= 11 is 0. The van der Waals surface area contributed by atoms with E-state index in [0.717, 1.165) is 22.2 Å². The van der Waals surface area contributed by atoms with Crippen LogP contribution in [0.15, 0.2) is 52.3 Å². The van der Waals surface area contributed by atoms with Crippen LogP contribution in [0, 0.1) is 6.92 Å². The minimum absolute atomic E-state index is 0.151. The second-order valence-electron chi connectivity index (χ2n) is 4.37. The van der Waals surface area contributed by atoms with Gasteiger partial charge < -0.3 is 5.10 Å². The molecule has 19 heavy (non-hydrogen) atoms. The Hall–Kier alpha value is -2.62. The normalized spacial score (nSPS) is 11.4. The summed E-state index contributed by atoms with van der Waals surface area (Å²) in [5.41, 5.74) is 2.06. The molecular weight excluding hydrogens is 238 g/mol. The summed E-state index contributed by atoms with van der Waals surface area (Å²) in [5.74, 6) is 0. The first kappa shape index (κ1) is 11.5. The van der Waals surface area contributed by atoms with Crippen LogP contribution in [0.25, 0.3) is 10.8 Å². The molecule has 0 aliphatic rings. The molecule has 0 bridgehead atoms. The number of aryl methyl sites for hydroxylation is 1. The molecule has 3 rings (SSSR count). The predicted molar refractivity (Wildman–Crippen MR) is 77.4 cm³/mol. The molecule has 0 saturated heterocycles. The van der Waals surface area contributed by atoms with Gasteiger partial charge in [0.25, 0.3) is 5.56 Å². The molecule has 0 saturated carbocycles. The summed E-state index contributed by atoms with van der Waals surface area (Å²) in [7, 11) is 0. The van der Waals surface area contributed by atoms with E-state index in [2.05, 4.69) is 15.2 Å². The monoisotopic (exact) mass is 251 g/mol. The molecule has 0 spiro atoms. The summed E-state index contributed by atoms with van der Waals surface area (Å²) in [5, 5.41) is 7.53. The Labute approximate surface area is 109 Å². The molecule has 0 radical (unpaired) electrons. The van der Waals surface area contributed by atoms with Crippen molar-refractivity contribution in [3.8, 4) is 0 Å². The van der Waals surface area contributed by atoms with E-state index in [1.165, 1.54) is 0 Å². The zero-order valence-electron chi connectivity index (χ0n) is 10.5. The summed E-state index contributed by atoms with van der Waals surface area (Å²) in [6, 6.07) is 14.0. The molecule has 0 amide bonds. The zero-order valence-corrected chi connectivity index (χ0v) is 10.5. The minimum atomic E-state index is -0.151. The van der Waals surface area contributed by atoms with Gasteiger partial charge in [0.2, 0.25) is 0 Å². The Kier molecular flexibility index (Phi) is 2.76. The number of aliphatic imine (C=N–C) groups is 1. The first-order valence-electron chi connectivity index (χ1n) is 6.05.